The maximum Gasteiger partial charge on any atom is 0.252 e. The van der Waals surface area contributed by atoms with Crippen LogP contribution < -0.4 is 10.6 Å². The van der Waals surface area contributed by atoms with Gasteiger partial charge >= 0.3 is 0 Å². The van der Waals surface area contributed by atoms with E-state index in [4.69, 9.17) is 14.2 Å². The van der Waals surface area contributed by atoms with Crippen LogP contribution in [-0.4, -0.2) is 103 Å². The Morgan fingerprint density at radius 3 is 2.21 bits per heavy atom. The highest BCUT2D eigenvalue weighted by molar-refractivity contribution is 5.81. The van der Waals surface area contributed by atoms with Crippen LogP contribution in [0, 0.1) is 0 Å². The van der Waals surface area contributed by atoms with E-state index in [0.717, 1.165) is 0 Å². The Balaban J connectivity index is 2.32. The first-order valence-corrected chi connectivity index (χ1v) is 9.66. The van der Waals surface area contributed by atoms with Gasteiger partial charge in [0.1, 0.15) is 30.2 Å². The number of Topliss-reactive ketones (excluding diaryl/α,β-unsaturated/α-hetero) is 1. The summed E-state index contributed by atoms with van der Waals surface area (Å²) in [5.41, 5.74) is 0. The van der Waals surface area contributed by atoms with E-state index >= 15 is 0 Å². The van der Waals surface area contributed by atoms with Gasteiger partial charge < -0.3 is 40.2 Å². The number of carbonyl (C=O) groups is 3. The SMILES string of the molecule is CCC(=O)NCC1OC(C(=O)NCCOCCOCCC(C)=O)C(O)C(O)C1O. The molecule has 5 unspecified atom stereocenters. The Bertz CT molecular complexity index is 531. The lowest BCUT2D eigenvalue weighted by Crippen LogP contribution is -2.63. The lowest BCUT2D eigenvalue weighted by Gasteiger charge is -2.39. The average Bonchev–Trinajstić information content (AvgIpc) is 2.69. The molecule has 5 N–H and O–H groups in total. The van der Waals surface area contributed by atoms with Crippen molar-refractivity contribution in [3.8, 4) is 0 Å². The fourth-order valence-corrected chi connectivity index (χ4v) is 2.56. The van der Waals surface area contributed by atoms with Crippen LogP contribution in [0.15, 0.2) is 0 Å². The van der Waals surface area contributed by atoms with E-state index in [2.05, 4.69) is 10.6 Å². The molecule has 0 bridgehead atoms. The number of rotatable bonds is 13. The topological polar surface area (TPSA) is 164 Å². The Labute approximate surface area is 169 Å². The van der Waals surface area contributed by atoms with Crippen LogP contribution in [0.25, 0.3) is 0 Å². The lowest BCUT2D eigenvalue weighted by molar-refractivity contribution is -0.219. The van der Waals surface area contributed by atoms with Crippen molar-refractivity contribution in [3.05, 3.63) is 0 Å². The van der Waals surface area contributed by atoms with Gasteiger partial charge in [-0.1, -0.05) is 6.92 Å². The number of hydrogen-bond acceptors (Lipinski definition) is 9. The highest BCUT2D eigenvalue weighted by atomic mass is 16.5. The summed E-state index contributed by atoms with van der Waals surface area (Å²) in [6.07, 6.45) is -6.50. The van der Waals surface area contributed by atoms with E-state index in [1.165, 1.54) is 6.92 Å². The van der Waals surface area contributed by atoms with Crippen molar-refractivity contribution < 1.29 is 43.9 Å². The molecule has 1 rings (SSSR count). The highest BCUT2D eigenvalue weighted by Gasteiger charge is 2.46. The van der Waals surface area contributed by atoms with E-state index in [9.17, 15) is 29.7 Å². The predicted molar refractivity (Wildman–Crippen MR) is 99.9 cm³/mol. The van der Waals surface area contributed by atoms with Gasteiger partial charge in [0.15, 0.2) is 6.10 Å². The third-order valence-electron chi connectivity index (χ3n) is 4.31. The molecular formula is C18H32N2O9. The zero-order valence-electron chi connectivity index (χ0n) is 16.8. The molecule has 0 aromatic carbocycles. The van der Waals surface area contributed by atoms with Crippen LogP contribution >= 0.6 is 0 Å². The Kier molecular flexibility index (Phi) is 11.9. The van der Waals surface area contributed by atoms with Crippen LogP contribution in [-0.2, 0) is 28.6 Å². The molecule has 29 heavy (non-hydrogen) atoms. The van der Waals surface area contributed by atoms with E-state index in [1.807, 2.05) is 0 Å². The van der Waals surface area contributed by atoms with Crippen molar-refractivity contribution in [1.82, 2.24) is 10.6 Å². The smallest absolute Gasteiger partial charge is 0.252 e. The number of amides is 2. The summed E-state index contributed by atoms with van der Waals surface area (Å²) in [6, 6.07) is 0. The number of aliphatic hydroxyl groups is 3. The van der Waals surface area contributed by atoms with Crippen molar-refractivity contribution >= 4 is 17.6 Å². The van der Waals surface area contributed by atoms with Gasteiger partial charge in [0.2, 0.25) is 5.91 Å². The number of carbonyl (C=O) groups excluding carboxylic acids is 3. The molecule has 11 heteroatoms. The molecule has 2 amide bonds. The van der Waals surface area contributed by atoms with Crippen molar-refractivity contribution in [2.75, 3.05) is 39.5 Å². The van der Waals surface area contributed by atoms with Gasteiger partial charge in [0.25, 0.3) is 5.91 Å². The van der Waals surface area contributed by atoms with E-state index < -0.39 is 36.4 Å². The van der Waals surface area contributed by atoms with Crippen molar-refractivity contribution in [1.29, 1.82) is 0 Å². The van der Waals surface area contributed by atoms with E-state index in [1.54, 1.807) is 6.92 Å². The monoisotopic (exact) mass is 420 g/mol. The van der Waals surface area contributed by atoms with Crippen LogP contribution in [0.5, 0.6) is 0 Å². The second kappa shape index (κ2) is 13.6. The summed E-state index contributed by atoms with van der Waals surface area (Å²) < 4.78 is 15.9. The molecule has 1 aliphatic rings. The molecule has 0 saturated carbocycles. The molecule has 0 aromatic rings. The summed E-state index contributed by atoms with van der Waals surface area (Å²) in [6.45, 7) is 4.30. The minimum Gasteiger partial charge on any atom is -0.388 e. The van der Waals surface area contributed by atoms with Crippen LogP contribution in [0.2, 0.25) is 0 Å². The summed E-state index contributed by atoms with van der Waals surface area (Å²) in [4.78, 5) is 34.4. The Morgan fingerprint density at radius 1 is 0.931 bits per heavy atom. The lowest BCUT2D eigenvalue weighted by atomic mass is 9.94. The van der Waals surface area contributed by atoms with Crippen molar-refractivity contribution in [2.45, 2.75) is 57.2 Å². The first kappa shape index (κ1) is 25.4. The number of nitrogens with one attached hydrogen (secondary N) is 2. The molecule has 0 aliphatic carbocycles. The van der Waals surface area contributed by atoms with E-state index in [0.29, 0.717) is 26.2 Å². The summed E-state index contributed by atoms with van der Waals surface area (Å²) in [5, 5.41) is 35.0. The molecule has 1 heterocycles. The van der Waals surface area contributed by atoms with Gasteiger partial charge in [-0.3, -0.25) is 14.4 Å². The number of ketones is 1. The van der Waals surface area contributed by atoms with Gasteiger partial charge in [-0.15, -0.1) is 0 Å². The molecule has 5 atom stereocenters. The van der Waals surface area contributed by atoms with Crippen LogP contribution in [0.1, 0.15) is 26.7 Å². The maximum absolute atomic E-state index is 12.3. The van der Waals surface area contributed by atoms with Gasteiger partial charge in [-0.05, 0) is 6.92 Å². The molecule has 0 radical (unpaired) electrons. The number of ether oxygens (including phenoxy) is 3. The van der Waals surface area contributed by atoms with Gasteiger partial charge in [-0.2, -0.15) is 0 Å². The first-order chi connectivity index (χ1) is 13.8. The highest BCUT2D eigenvalue weighted by Crippen LogP contribution is 2.21. The Morgan fingerprint density at radius 2 is 1.59 bits per heavy atom. The number of aliphatic hydroxyl groups excluding tert-OH is 3. The molecule has 0 spiro atoms. The first-order valence-electron chi connectivity index (χ1n) is 9.66. The van der Waals surface area contributed by atoms with Gasteiger partial charge in [-0.25, -0.2) is 0 Å². The Hall–Kier alpha value is -1.63. The van der Waals surface area contributed by atoms with Crippen molar-refractivity contribution in [3.63, 3.8) is 0 Å². The molecule has 1 aliphatic heterocycles. The van der Waals surface area contributed by atoms with Gasteiger partial charge in [0, 0.05) is 25.9 Å². The summed E-state index contributed by atoms with van der Waals surface area (Å²) >= 11 is 0. The quantitative estimate of drug-likeness (QED) is 0.202. The van der Waals surface area contributed by atoms with Crippen LogP contribution in [0.3, 0.4) is 0 Å². The maximum atomic E-state index is 12.3. The molecule has 1 fully saturated rings. The molecule has 0 aromatic heterocycles. The standard InChI is InChI=1S/C18H32N2O9/c1-3-13(22)20-10-12-14(23)15(24)16(25)17(29-12)18(26)19-5-7-28-9-8-27-6-4-11(2)21/h12,14-17,23-25H,3-10H2,1-2H3,(H,19,26)(H,20,22). The third kappa shape index (κ3) is 9.15. The zero-order valence-corrected chi connectivity index (χ0v) is 16.8. The minimum absolute atomic E-state index is 0.0494. The molecule has 1 saturated heterocycles. The summed E-state index contributed by atoms with van der Waals surface area (Å²) in [5.74, 6) is -0.894. The predicted octanol–water partition coefficient (Wildman–Crippen LogP) is -2.51. The zero-order chi connectivity index (χ0) is 21.8. The van der Waals surface area contributed by atoms with E-state index in [-0.39, 0.29) is 37.8 Å². The van der Waals surface area contributed by atoms with Crippen LogP contribution in [0.4, 0.5) is 0 Å². The molecule has 11 nitrogen and oxygen atoms in total. The average molecular weight is 420 g/mol. The second-order valence-corrected chi connectivity index (χ2v) is 6.69. The van der Waals surface area contributed by atoms with Crippen molar-refractivity contribution in [2.24, 2.45) is 0 Å². The molecular weight excluding hydrogens is 388 g/mol. The van der Waals surface area contributed by atoms with Gasteiger partial charge in [0.05, 0.1) is 26.4 Å². The number of hydrogen-bond donors (Lipinski definition) is 5. The fraction of sp³-hybridized carbons (Fsp3) is 0.833. The third-order valence-corrected chi connectivity index (χ3v) is 4.31. The minimum atomic E-state index is -1.61. The second-order valence-electron chi connectivity index (χ2n) is 6.69. The summed E-state index contributed by atoms with van der Waals surface area (Å²) in [7, 11) is 0. The fourth-order valence-electron chi connectivity index (χ4n) is 2.56. The normalized spacial score (nSPS) is 26.7. The largest absolute Gasteiger partial charge is 0.388 e. The molecule has 168 valence electrons.